The average Bonchev–Trinajstić information content (AvgIpc) is 3.11. The number of rotatable bonds is 6. The van der Waals surface area contributed by atoms with Crippen molar-refractivity contribution < 1.29 is 24.1 Å². The van der Waals surface area contributed by atoms with Gasteiger partial charge in [-0.15, -0.1) is 0 Å². The van der Waals surface area contributed by atoms with Crippen LogP contribution in [0.5, 0.6) is 0 Å². The zero-order chi connectivity index (χ0) is 17.1. The molecular weight excluding hydrogens is 320 g/mol. The third kappa shape index (κ3) is 3.76. The number of benzene rings is 2. The van der Waals surface area contributed by atoms with Gasteiger partial charge in [0.1, 0.15) is 24.4 Å². The average molecular weight is 342 g/mol. The van der Waals surface area contributed by atoms with Gasteiger partial charge in [-0.2, -0.15) is 0 Å². The largest absolute Gasteiger partial charge is 0.385 e. The SMILES string of the molecule is O[C@H]1[C@@H]2OC[C@@H](O2)[C@H](OCc2ccccc2)[C@H]1OCc1ccccc1. The fourth-order valence-electron chi connectivity index (χ4n) is 3.28. The molecule has 0 saturated carbocycles. The Bertz CT molecular complexity index is 619. The molecule has 0 unspecified atom stereocenters. The van der Waals surface area contributed by atoms with Crippen molar-refractivity contribution in [2.24, 2.45) is 0 Å². The molecule has 2 heterocycles. The van der Waals surface area contributed by atoms with Crippen molar-refractivity contribution in [2.75, 3.05) is 6.61 Å². The van der Waals surface area contributed by atoms with E-state index >= 15 is 0 Å². The molecule has 4 rings (SSSR count). The highest BCUT2D eigenvalue weighted by molar-refractivity contribution is 5.14. The van der Waals surface area contributed by atoms with E-state index in [0.717, 1.165) is 11.1 Å². The first-order valence-corrected chi connectivity index (χ1v) is 8.57. The van der Waals surface area contributed by atoms with Crippen LogP contribution in [0.2, 0.25) is 0 Å². The Balaban J connectivity index is 1.45. The Labute approximate surface area is 147 Å². The molecule has 0 spiro atoms. The fraction of sp³-hybridized carbons (Fsp3) is 0.400. The molecule has 0 aliphatic carbocycles. The molecule has 2 aromatic carbocycles. The highest BCUT2D eigenvalue weighted by Crippen LogP contribution is 2.32. The number of aliphatic hydroxyl groups is 1. The standard InChI is InChI=1S/C20H22O5/c21-17-19(23-12-15-9-5-2-6-10-15)18(16-13-24-20(17)25-16)22-11-14-7-3-1-4-8-14/h1-10,16-21H,11-13H2/t16-,17-,18+,19+,20-/m1/s1. The van der Waals surface area contributed by atoms with Gasteiger partial charge in [0.25, 0.3) is 0 Å². The van der Waals surface area contributed by atoms with Crippen LogP contribution in [0, 0.1) is 0 Å². The topological polar surface area (TPSA) is 57.2 Å². The van der Waals surface area contributed by atoms with E-state index in [0.29, 0.717) is 19.8 Å². The van der Waals surface area contributed by atoms with Gasteiger partial charge in [0, 0.05) is 0 Å². The van der Waals surface area contributed by atoms with Gasteiger partial charge in [0.05, 0.1) is 19.8 Å². The summed E-state index contributed by atoms with van der Waals surface area (Å²) in [4.78, 5) is 0. The fourth-order valence-corrected chi connectivity index (χ4v) is 3.28. The zero-order valence-corrected chi connectivity index (χ0v) is 13.9. The third-order valence-electron chi connectivity index (χ3n) is 4.61. The predicted molar refractivity (Wildman–Crippen MR) is 90.7 cm³/mol. The van der Waals surface area contributed by atoms with Crippen LogP contribution >= 0.6 is 0 Å². The molecule has 5 atom stereocenters. The van der Waals surface area contributed by atoms with Crippen molar-refractivity contribution in [3.05, 3.63) is 71.8 Å². The van der Waals surface area contributed by atoms with Crippen LogP contribution in [0.4, 0.5) is 0 Å². The molecule has 2 bridgehead atoms. The van der Waals surface area contributed by atoms with Crippen LogP contribution < -0.4 is 0 Å². The summed E-state index contributed by atoms with van der Waals surface area (Å²) in [6.07, 6.45) is -2.60. The quantitative estimate of drug-likeness (QED) is 0.873. The van der Waals surface area contributed by atoms with E-state index in [4.69, 9.17) is 18.9 Å². The minimum Gasteiger partial charge on any atom is -0.385 e. The first kappa shape index (κ1) is 16.7. The number of aliphatic hydroxyl groups excluding tert-OH is 1. The van der Waals surface area contributed by atoms with Crippen molar-refractivity contribution in [2.45, 2.75) is 43.9 Å². The second-order valence-corrected chi connectivity index (χ2v) is 6.39. The number of hydrogen-bond acceptors (Lipinski definition) is 5. The Morgan fingerprint density at radius 2 is 1.40 bits per heavy atom. The second kappa shape index (κ2) is 7.64. The van der Waals surface area contributed by atoms with Gasteiger partial charge in [-0.05, 0) is 11.1 Å². The van der Waals surface area contributed by atoms with Gasteiger partial charge in [-0.25, -0.2) is 0 Å². The zero-order valence-electron chi connectivity index (χ0n) is 13.9. The van der Waals surface area contributed by atoms with Crippen LogP contribution in [0.15, 0.2) is 60.7 Å². The van der Waals surface area contributed by atoms with E-state index in [1.807, 2.05) is 60.7 Å². The minimum atomic E-state index is -0.872. The van der Waals surface area contributed by atoms with Crippen LogP contribution in [-0.2, 0) is 32.2 Å². The highest BCUT2D eigenvalue weighted by Gasteiger charge is 2.51. The Morgan fingerprint density at radius 1 is 0.840 bits per heavy atom. The lowest BCUT2D eigenvalue weighted by molar-refractivity contribution is -0.254. The lowest BCUT2D eigenvalue weighted by Gasteiger charge is -2.38. The van der Waals surface area contributed by atoms with Gasteiger partial charge < -0.3 is 24.1 Å². The molecule has 0 radical (unpaired) electrons. The summed E-state index contributed by atoms with van der Waals surface area (Å²) < 4.78 is 23.3. The van der Waals surface area contributed by atoms with Crippen molar-refractivity contribution in [1.29, 1.82) is 0 Å². The minimum absolute atomic E-state index is 0.224. The summed E-state index contributed by atoms with van der Waals surface area (Å²) >= 11 is 0. The van der Waals surface area contributed by atoms with Crippen molar-refractivity contribution >= 4 is 0 Å². The van der Waals surface area contributed by atoms with E-state index in [-0.39, 0.29) is 12.2 Å². The van der Waals surface area contributed by atoms with Crippen LogP contribution in [0.1, 0.15) is 11.1 Å². The number of fused-ring (bicyclic) bond motifs is 2. The Morgan fingerprint density at radius 3 is 2.00 bits per heavy atom. The molecular formula is C20H22O5. The molecule has 2 fully saturated rings. The van der Waals surface area contributed by atoms with Gasteiger partial charge in [-0.1, -0.05) is 60.7 Å². The maximum Gasteiger partial charge on any atom is 0.186 e. The summed E-state index contributed by atoms with van der Waals surface area (Å²) in [6, 6.07) is 19.8. The van der Waals surface area contributed by atoms with Gasteiger partial charge in [0.2, 0.25) is 0 Å². The van der Waals surface area contributed by atoms with Crippen molar-refractivity contribution in [3.8, 4) is 0 Å². The van der Waals surface area contributed by atoms with Gasteiger partial charge in [0.15, 0.2) is 6.29 Å². The molecule has 2 aromatic rings. The lowest BCUT2D eigenvalue weighted by Crippen LogP contribution is -2.55. The highest BCUT2D eigenvalue weighted by atomic mass is 16.7. The first-order valence-electron chi connectivity index (χ1n) is 8.57. The maximum atomic E-state index is 10.5. The summed E-state index contributed by atoms with van der Waals surface area (Å²) in [5.74, 6) is 0. The van der Waals surface area contributed by atoms with Gasteiger partial charge >= 0.3 is 0 Å². The summed E-state index contributed by atoms with van der Waals surface area (Å²) in [7, 11) is 0. The molecule has 0 aromatic heterocycles. The van der Waals surface area contributed by atoms with E-state index in [9.17, 15) is 5.11 Å². The molecule has 5 nitrogen and oxygen atoms in total. The number of hydrogen-bond donors (Lipinski definition) is 1. The van der Waals surface area contributed by atoms with E-state index in [1.54, 1.807) is 0 Å². The van der Waals surface area contributed by atoms with Gasteiger partial charge in [-0.3, -0.25) is 0 Å². The molecule has 1 N–H and O–H groups in total. The molecule has 2 aliphatic rings. The Hall–Kier alpha value is -1.76. The predicted octanol–water partition coefficient (Wildman–Crippen LogP) is 2.27. The molecule has 5 heteroatoms. The summed E-state index contributed by atoms with van der Waals surface area (Å²) in [6.45, 7) is 1.26. The molecule has 132 valence electrons. The van der Waals surface area contributed by atoms with E-state index < -0.39 is 18.5 Å². The van der Waals surface area contributed by atoms with Crippen LogP contribution in [0.25, 0.3) is 0 Å². The first-order chi connectivity index (χ1) is 12.3. The third-order valence-corrected chi connectivity index (χ3v) is 4.61. The smallest absolute Gasteiger partial charge is 0.186 e. The molecule has 0 amide bonds. The maximum absolute atomic E-state index is 10.5. The van der Waals surface area contributed by atoms with E-state index in [2.05, 4.69) is 0 Å². The van der Waals surface area contributed by atoms with Crippen LogP contribution in [-0.4, -0.2) is 42.4 Å². The monoisotopic (exact) mass is 342 g/mol. The second-order valence-electron chi connectivity index (χ2n) is 6.39. The normalized spacial score (nSPS) is 31.2. The van der Waals surface area contributed by atoms with Crippen molar-refractivity contribution in [3.63, 3.8) is 0 Å². The number of ether oxygens (including phenoxy) is 4. The van der Waals surface area contributed by atoms with E-state index in [1.165, 1.54) is 0 Å². The molecule has 2 saturated heterocycles. The lowest BCUT2D eigenvalue weighted by atomic mass is 10.0. The summed E-state index contributed by atoms with van der Waals surface area (Å²) in [5, 5.41) is 10.5. The molecule has 2 aliphatic heterocycles. The Kier molecular flexibility index (Phi) is 5.10. The van der Waals surface area contributed by atoms with Crippen LogP contribution in [0.3, 0.4) is 0 Å². The summed E-state index contributed by atoms with van der Waals surface area (Å²) in [5.41, 5.74) is 2.12. The van der Waals surface area contributed by atoms with Crippen molar-refractivity contribution in [1.82, 2.24) is 0 Å². The molecule has 25 heavy (non-hydrogen) atoms.